The van der Waals surface area contributed by atoms with E-state index in [4.69, 9.17) is 9.15 Å². The highest BCUT2D eigenvalue weighted by Crippen LogP contribution is 2.25. The maximum absolute atomic E-state index is 12.1. The highest BCUT2D eigenvalue weighted by atomic mass is 16.5. The lowest BCUT2D eigenvalue weighted by Crippen LogP contribution is -2.34. The van der Waals surface area contributed by atoms with Crippen LogP contribution in [0.25, 0.3) is 6.08 Å². The quantitative estimate of drug-likeness (QED) is 0.382. The van der Waals surface area contributed by atoms with Gasteiger partial charge in [0.1, 0.15) is 11.5 Å². The molecular formula is C22H21N3O6. The van der Waals surface area contributed by atoms with Gasteiger partial charge < -0.3 is 25.1 Å². The average molecular weight is 423 g/mol. The standard InChI is InChI=1S/C22H21N3O6/c1-12-4-6-14(7-5-12)25-21(28)20(27)23-11-16-9-8-15(31-16)10-17-18(22(29)30-3)13(2)24-19(17)26/h4-10H,11H2,1-3H3,(H,23,27)(H,24,26)(H,25,28)/b17-10+. The largest absolute Gasteiger partial charge is 0.465 e. The SMILES string of the molecule is COC(=O)C1=C(C)NC(=O)/C1=C/c1ccc(CNC(=O)C(=O)Nc2ccc(C)cc2)o1. The number of methoxy groups -OCH3 is 1. The number of esters is 1. The fourth-order valence-corrected chi connectivity index (χ4v) is 2.90. The number of ether oxygens (including phenoxy) is 1. The lowest BCUT2D eigenvalue weighted by molar-refractivity contribution is -0.136. The molecule has 3 amide bonds. The van der Waals surface area contributed by atoms with E-state index in [9.17, 15) is 19.2 Å². The number of furan rings is 1. The molecule has 0 bridgehead atoms. The molecule has 1 aromatic heterocycles. The van der Waals surface area contributed by atoms with Crippen molar-refractivity contribution in [2.45, 2.75) is 20.4 Å². The number of aryl methyl sites for hydroxylation is 1. The molecule has 0 radical (unpaired) electrons. The molecule has 31 heavy (non-hydrogen) atoms. The minimum absolute atomic E-state index is 0.0335. The van der Waals surface area contributed by atoms with E-state index in [0.717, 1.165) is 5.56 Å². The first-order chi connectivity index (χ1) is 14.8. The van der Waals surface area contributed by atoms with Crippen molar-refractivity contribution in [1.82, 2.24) is 10.6 Å². The number of carbonyl (C=O) groups is 4. The minimum Gasteiger partial charge on any atom is -0.465 e. The Kier molecular flexibility index (Phi) is 6.35. The van der Waals surface area contributed by atoms with Gasteiger partial charge in [0.2, 0.25) is 0 Å². The molecule has 2 heterocycles. The van der Waals surface area contributed by atoms with Crippen molar-refractivity contribution in [3.63, 3.8) is 0 Å². The molecule has 9 nitrogen and oxygen atoms in total. The van der Waals surface area contributed by atoms with Crippen LogP contribution in [0, 0.1) is 6.92 Å². The molecule has 0 atom stereocenters. The molecule has 9 heteroatoms. The maximum Gasteiger partial charge on any atom is 0.340 e. The van der Waals surface area contributed by atoms with E-state index in [0.29, 0.717) is 22.9 Å². The molecule has 0 saturated carbocycles. The molecule has 3 rings (SSSR count). The van der Waals surface area contributed by atoms with Crippen molar-refractivity contribution in [2.24, 2.45) is 0 Å². The van der Waals surface area contributed by atoms with Gasteiger partial charge in [0.25, 0.3) is 5.91 Å². The van der Waals surface area contributed by atoms with Gasteiger partial charge in [-0.15, -0.1) is 0 Å². The van der Waals surface area contributed by atoms with Crippen LogP contribution in [0.5, 0.6) is 0 Å². The van der Waals surface area contributed by atoms with Crippen LogP contribution in [0.15, 0.2) is 57.7 Å². The van der Waals surface area contributed by atoms with Gasteiger partial charge in [-0.2, -0.15) is 0 Å². The fourth-order valence-electron chi connectivity index (χ4n) is 2.90. The number of nitrogens with one attached hydrogen (secondary N) is 3. The lowest BCUT2D eigenvalue weighted by atomic mass is 10.1. The third kappa shape index (κ3) is 5.08. The van der Waals surface area contributed by atoms with E-state index in [1.165, 1.54) is 13.2 Å². The zero-order chi connectivity index (χ0) is 22.5. The number of amides is 3. The molecule has 1 aliphatic heterocycles. The number of allylic oxidation sites excluding steroid dienone is 1. The summed E-state index contributed by atoms with van der Waals surface area (Å²) in [4.78, 5) is 48.1. The molecule has 1 aromatic carbocycles. The molecule has 0 unspecified atom stereocenters. The third-order valence-corrected chi connectivity index (χ3v) is 4.49. The number of hydrogen-bond acceptors (Lipinski definition) is 6. The van der Waals surface area contributed by atoms with Gasteiger partial charge >= 0.3 is 17.8 Å². The summed E-state index contributed by atoms with van der Waals surface area (Å²) in [5.41, 5.74) is 2.18. The molecular weight excluding hydrogens is 402 g/mol. The number of carbonyl (C=O) groups excluding carboxylic acids is 4. The van der Waals surface area contributed by atoms with Crippen LogP contribution in [0.2, 0.25) is 0 Å². The van der Waals surface area contributed by atoms with Gasteiger partial charge in [-0.3, -0.25) is 14.4 Å². The monoisotopic (exact) mass is 423 g/mol. The summed E-state index contributed by atoms with van der Waals surface area (Å²) in [6, 6.07) is 10.2. The minimum atomic E-state index is -0.821. The van der Waals surface area contributed by atoms with Crippen molar-refractivity contribution in [3.8, 4) is 0 Å². The summed E-state index contributed by atoms with van der Waals surface area (Å²) in [6.45, 7) is 3.47. The zero-order valence-electron chi connectivity index (χ0n) is 17.2. The average Bonchev–Trinajstić information content (AvgIpc) is 3.31. The third-order valence-electron chi connectivity index (χ3n) is 4.49. The topological polar surface area (TPSA) is 127 Å². The Morgan fingerprint density at radius 1 is 1.06 bits per heavy atom. The van der Waals surface area contributed by atoms with Crippen LogP contribution in [0.3, 0.4) is 0 Å². The van der Waals surface area contributed by atoms with Crippen molar-refractivity contribution < 1.29 is 28.3 Å². The normalized spacial score (nSPS) is 14.4. The van der Waals surface area contributed by atoms with Crippen LogP contribution in [0.1, 0.15) is 24.0 Å². The molecule has 160 valence electrons. The van der Waals surface area contributed by atoms with Crippen molar-refractivity contribution in [1.29, 1.82) is 0 Å². The van der Waals surface area contributed by atoms with E-state index >= 15 is 0 Å². The van der Waals surface area contributed by atoms with E-state index in [2.05, 4.69) is 16.0 Å². The number of hydrogen-bond donors (Lipinski definition) is 3. The van der Waals surface area contributed by atoms with Crippen LogP contribution < -0.4 is 16.0 Å². The zero-order valence-corrected chi connectivity index (χ0v) is 17.2. The van der Waals surface area contributed by atoms with Gasteiger partial charge in [-0.1, -0.05) is 17.7 Å². The Morgan fingerprint density at radius 2 is 1.77 bits per heavy atom. The van der Waals surface area contributed by atoms with Crippen LogP contribution in [0.4, 0.5) is 5.69 Å². The lowest BCUT2D eigenvalue weighted by Gasteiger charge is -2.06. The van der Waals surface area contributed by atoms with Gasteiger partial charge in [-0.05, 0) is 44.2 Å². The summed E-state index contributed by atoms with van der Waals surface area (Å²) in [7, 11) is 1.23. The molecule has 0 fully saturated rings. The van der Waals surface area contributed by atoms with Crippen molar-refractivity contribution in [2.75, 3.05) is 12.4 Å². The van der Waals surface area contributed by atoms with E-state index in [1.54, 1.807) is 31.2 Å². The Bertz CT molecular complexity index is 1110. The van der Waals surface area contributed by atoms with Gasteiger partial charge in [0.15, 0.2) is 0 Å². The fraction of sp³-hybridized carbons (Fsp3) is 0.182. The van der Waals surface area contributed by atoms with Crippen molar-refractivity contribution in [3.05, 3.63) is 70.3 Å². The summed E-state index contributed by atoms with van der Waals surface area (Å²) >= 11 is 0. The van der Waals surface area contributed by atoms with Crippen LogP contribution in [-0.2, 0) is 30.5 Å². The number of rotatable bonds is 5. The summed E-state index contributed by atoms with van der Waals surface area (Å²) in [6.07, 6.45) is 1.41. The number of anilines is 1. The second kappa shape index (κ2) is 9.12. The first-order valence-electron chi connectivity index (χ1n) is 9.35. The molecule has 3 N–H and O–H groups in total. The smallest absolute Gasteiger partial charge is 0.340 e. The van der Waals surface area contributed by atoms with Crippen LogP contribution in [-0.4, -0.2) is 30.8 Å². The van der Waals surface area contributed by atoms with E-state index in [1.807, 2.05) is 19.1 Å². The second-order valence-electron chi connectivity index (χ2n) is 6.81. The Hall–Kier alpha value is -4.14. The Morgan fingerprint density at radius 3 is 2.45 bits per heavy atom. The summed E-state index contributed by atoms with van der Waals surface area (Å²) in [5.74, 6) is -2.04. The highest BCUT2D eigenvalue weighted by molar-refractivity contribution is 6.39. The first kappa shape index (κ1) is 21.6. The Labute approximate surface area is 178 Å². The Balaban J connectivity index is 1.62. The van der Waals surface area contributed by atoms with Gasteiger partial charge in [0, 0.05) is 11.4 Å². The second-order valence-corrected chi connectivity index (χ2v) is 6.81. The maximum atomic E-state index is 12.1. The first-order valence-corrected chi connectivity index (χ1v) is 9.35. The molecule has 0 spiro atoms. The van der Waals surface area contributed by atoms with Gasteiger partial charge in [0.05, 0.1) is 24.8 Å². The van der Waals surface area contributed by atoms with E-state index < -0.39 is 23.7 Å². The predicted octanol–water partition coefficient (Wildman–Crippen LogP) is 1.80. The number of benzene rings is 1. The van der Waals surface area contributed by atoms with Crippen molar-refractivity contribution >= 4 is 35.5 Å². The van der Waals surface area contributed by atoms with E-state index in [-0.39, 0.29) is 17.7 Å². The molecule has 1 aliphatic rings. The van der Waals surface area contributed by atoms with Gasteiger partial charge in [-0.25, -0.2) is 4.79 Å². The van der Waals surface area contributed by atoms with Crippen LogP contribution >= 0.6 is 0 Å². The molecule has 0 saturated heterocycles. The summed E-state index contributed by atoms with van der Waals surface area (Å²) in [5, 5.41) is 7.53. The molecule has 2 aromatic rings. The summed E-state index contributed by atoms with van der Waals surface area (Å²) < 4.78 is 10.3. The predicted molar refractivity (Wildman–Crippen MR) is 111 cm³/mol. The molecule has 0 aliphatic carbocycles. The highest BCUT2D eigenvalue weighted by Gasteiger charge is 2.31.